The molecule has 0 saturated carbocycles. The lowest BCUT2D eigenvalue weighted by Gasteiger charge is -2.28. The number of nitrogens with zero attached hydrogens (tertiary/aromatic N) is 2. The number of carbonyl (C=O) groups is 2. The molecule has 0 radical (unpaired) electrons. The zero-order chi connectivity index (χ0) is 17.8. The Morgan fingerprint density at radius 1 is 1.20 bits per heavy atom. The number of hydrogen-bond acceptors (Lipinski definition) is 4. The molecule has 1 N–H and O–H groups in total. The van der Waals surface area contributed by atoms with Gasteiger partial charge in [-0.15, -0.1) is 0 Å². The largest absolute Gasteiger partial charge is 0.482 e. The maximum absolute atomic E-state index is 12.1. The number of nitrogens with one attached hydrogen (secondary N) is 1. The first-order valence-electron chi connectivity index (χ1n) is 7.33. The molecule has 1 heterocycles. The van der Waals surface area contributed by atoms with Gasteiger partial charge in [0.1, 0.15) is 12.3 Å². The summed E-state index contributed by atoms with van der Waals surface area (Å²) in [6.07, 6.45) is 1.49. The van der Waals surface area contributed by atoms with Crippen molar-refractivity contribution in [2.45, 2.75) is 0 Å². The maximum Gasteiger partial charge on any atom is 0.265 e. The van der Waals surface area contributed by atoms with Gasteiger partial charge in [-0.3, -0.25) is 14.5 Å². The monoisotopic (exact) mass is 377 g/mol. The number of benzene rings is 2. The summed E-state index contributed by atoms with van der Waals surface area (Å²) in [5.41, 5.74) is 3.63. The second-order valence-corrected chi connectivity index (χ2v) is 6.10. The molecule has 2 amide bonds. The fraction of sp³-hybridized carbons (Fsp3) is 0.118. The molecule has 0 bridgehead atoms. The molecule has 8 heteroatoms. The zero-order valence-electron chi connectivity index (χ0n) is 12.9. The summed E-state index contributed by atoms with van der Waals surface area (Å²) in [5.74, 6) is -0.264. The summed E-state index contributed by atoms with van der Waals surface area (Å²) >= 11 is 11.8. The van der Waals surface area contributed by atoms with Crippen molar-refractivity contribution in [1.82, 2.24) is 5.43 Å². The van der Waals surface area contributed by atoms with E-state index in [9.17, 15) is 9.59 Å². The van der Waals surface area contributed by atoms with E-state index in [1.54, 1.807) is 42.5 Å². The highest BCUT2D eigenvalue weighted by molar-refractivity contribution is 6.31. The fourth-order valence-electron chi connectivity index (χ4n) is 2.26. The van der Waals surface area contributed by atoms with Crippen molar-refractivity contribution in [1.29, 1.82) is 0 Å². The molecule has 0 aliphatic carbocycles. The van der Waals surface area contributed by atoms with Crippen LogP contribution in [-0.2, 0) is 9.59 Å². The summed E-state index contributed by atoms with van der Waals surface area (Å²) in [6, 6.07) is 11.9. The predicted octanol–water partition coefficient (Wildman–Crippen LogP) is 2.87. The molecule has 0 atom stereocenters. The number of rotatable bonds is 4. The van der Waals surface area contributed by atoms with Crippen molar-refractivity contribution in [3.8, 4) is 5.75 Å². The van der Waals surface area contributed by atoms with Gasteiger partial charge in [-0.2, -0.15) is 5.10 Å². The minimum atomic E-state index is -0.439. The van der Waals surface area contributed by atoms with Gasteiger partial charge in [-0.05, 0) is 35.9 Å². The van der Waals surface area contributed by atoms with Crippen LogP contribution in [0.4, 0.5) is 5.69 Å². The predicted molar refractivity (Wildman–Crippen MR) is 96.5 cm³/mol. The van der Waals surface area contributed by atoms with Gasteiger partial charge in [0.25, 0.3) is 11.8 Å². The van der Waals surface area contributed by atoms with Crippen molar-refractivity contribution >= 4 is 46.9 Å². The minimum absolute atomic E-state index is 0.129. The van der Waals surface area contributed by atoms with Gasteiger partial charge < -0.3 is 4.74 Å². The Labute approximate surface area is 154 Å². The van der Waals surface area contributed by atoms with E-state index in [1.807, 2.05) is 0 Å². The minimum Gasteiger partial charge on any atom is -0.482 e. The van der Waals surface area contributed by atoms with Crippen LogP contribution in [0.2, 0.25) is 10.0 Å². The number of fused-ring (bicyclic) bond motifs is 1. The Morgan fingerprint density at radius 2 is 1.92 bits per heavy atom. The Bertz CT molecular complexity index is 838. The smallest absolute Gasteiger partial charge is 0.265 e. The van der Waals surface area contributed by atoms with Gasteiger partial charge in [-0.1, -0.05) is 35.3 Å². The molecular formula is C17H13Cl2N3O3. The van der Waals surface area contributed by atoms with Gasteiger partial charge in [-0.25, -0.2) is 5.43 Å². The molecular weight excluding hydrogens is 365 g/mol. The van der Waals surface area contributed by atoms with Crippen LogP contribution in [0.3, 0.4) is 0 Å². The molecule has 25 heavy (non-hydrogen) atoms. The summed E-state index contributed by atoms with van der Waals surface area (Å²) in [6.45, 7) is -0.316. The third-order valence-corrected chi connectivity index (χ3v) is 3.93. The Kier molecular flexibility index (Phi) is 5.21. The molecule has 1 aliphatic heterocycles. The molecule has 0 spiro atoms. The van der Waals surface area contributed by atoms with E-state index in [0.717, 1.165) is 5.56 Å². The third-order valence-electron chi connectivity index (χ3n) is 3.44. The number of hydrazone groups is 1. The van der Waals surface area contributed by atoms with Gasteiger partial charge in [0.2, 0.25) is 0 Å². The highest BCUT2D eigenvalue weighted by Crippen LogP contribution is 2.34. The number of amides is 2. The van der Waals surface area contributed by atoms with Crippen LogP contribution < -0.4 is 15.1 Å². The van der Waals surface area contributed by atoms with E-state index in [1.165, 1.54) is 11.1 Å². The summed E-state index contributed by atoms with van der Waals surface area (Å²) in [4.78, 5) is 25.5. The number of ether oxygens (including phenoxy) is 1. The summed E-state index contributed by atoms with van der Waals surface area (Å²) < 4.78 is 5.33. The lowest BCUT2D eigenvalue weighted by atomic mass is 10.2. The van der Waals surface area contributed by atoms with E-state index < -0.39 is 5.91 Å². The topological polar surface area (TPSA) is 71.0 Å². The van der Waals surface area contributed by atoms with Crippen molar-refractivity contribution in [2.24, 2.45) is 5.10 Å². The first-order valence-corrected chi connectivity index (χ1v) is 8.09. The van der Waals surface area contributed by atoms with Gasteiger partial charge in [0.15, 0.2) is 6.61 Å². The Morgan fingerprint density at radius 3 is 2.68 bits per heavy atom. The molecule has 128 valence electrons. The van der Waals surface area contributed by atoms with E-state index >= 15 is 0 Å². The number of carbonyl (C=O) groups excluding carboxylic acids is 2. The van der Waals surface area contributed by atoms with Crippen LogP contribution >= 0.6 is 23.2 Å². The standard InChI is InChI=1S/C17H13Cl2N3O3/c18-12-3-1-11(2-4-12)8-20-21-16(23)9-22-14-7-13(19)5-6-15(14)25-10-17(22)24/h1-8H,9-10H2,(H,21,23)/b20-8+. The molecule has 1 aliphatic rings. The van der Waals surface area contributed by atoms with Gasteiger partial charge >= 0.3 is 0 Å². The molecule has 0 aromatic heterocycles. The molecule has 0 unspecified atom stereocenters. The summed E-state index contributed by atoms with van der Waals surface area (Å²) in [7, 11) is 0. The van der Waals surface area contributed by atoms with E-state index in [2.05, 4.69) is 10.5 Å². The Balaban J connectivity index is 1.65. The number of halogens is 2. The normalized spacial score (nSPS) is 13.5. The Hall–Kier alpha value is -2.57. The quantitative estimate of drug-likeness (QED) is 0.657. The van der Waals surface area contributed by atoms with Gasteiger partial charge in [0, 0.05) is 10.0 Å². The van der Waals surface area contributed by atoms with Crippen LogP contribution in [0.25, 0.3) is 0 Å². The van der Waals surface area contributed by atoms with Crippen LogP contribution in [-0.4, -0.2) is 31.2 Å². The summed E-state index contributed by atoms with van der Waals surface area (Å²) in [5, 5.41) is 4.93. The van der Waals surface area contributed by atoms with Crippen LogP contribution in [0.5, 0.6) is 5.75 Å². The molecule has 6 nitrogen and oxygen atoms in total. The third kappa shape index (κ3) is 4.29. The van der Waals surface area contributed by atoms with Crippen LogP contribution in [0, 0.1) is 0 Å². The van der Waals surface area contributed by atoms with Crippen molar-refractivity contribution in [2.75, 3.05) is 18.1 Å². The van der Waals surface area contributed by atoms with E-state index in [0.29, 0.717) is 21.5 Å². The molecule has 0 saturated heterocycles. The average Bonchev–Trinajstić information content (AvgIpc) is 2.59. The molecule has 3 rings (SSSR count). The maximum atomic E-state index is 12.1. The van der Waals surface area contributed by atoms with Crippen LogP contribution in [0.1, 0.15) is 5.56 Å². The van der Waals surface area contributed by atoms with E-state index in [-0.39, 0.29) is 19.1 Å². The molecule has 2 aromatic carbocycles. The number of hydrogen-bond donors (Lipinski definition) is 1. The number of anilines is 1. The molecule has 0 fully saturated rings. The molecule has 2 aromatic rings. The van der Waals surface area contributed by atoms with Crippen molar-refractivity contribution in [3.05, 3.63) is 58.1 Å². The van der Waals surface area contributed by atoms with Crippen molar-refractivity contribution < 1.29 is 14.3 Å². The average molecular weight is 378 g/mol. The highest BCUT2D eigenvalue weighted by Gasteiger charge is 2.27. The highest BCUT2D eigenvalue weighted by atomic mass is 35.5. The first-order chi connectivity index (χ1) is 12.0. The van der Waals surface area contributed by atoms with E-state index in [4.69, 9.17) is 27.9 Å². The second-order valence-electron chi connectivity index (χ2n) is 5.23. The lowest BCUT2D eigenvalue weighted by Crippen LogP contribution is -2.44. The fourth-order valence-corrected chi connectivity index (χ4v) is 2.55. The van der Waals surface area contributed by atoms with Crippen LogP contribution in [0.15, 0.2) is 47.6 Å². The van der Waals surface area contributed by atoms with Gasteiger partial charge in [0.05, 0.1) is 11.9 Å². The first kappa shape index (κ1) is 17.3. The SMILES string of the molecule is O=C(CN1C(=O)COc2ccc(Cl)cc21)N/N=C/c1ccc(Cl)cc1. The van der Waals surface area contributed by atoms with Crippen molar-refractivity contribution in [3.63, 3.8) is 0 Å². The zero-order valence-corrected chi connectivity index (χ0v) is 14.4. The lowest BCUT2D eigenvalue weighted by molar-refractivity contribution is -0.125. The second kappa shape index (κ2) is 7.55.